The van der Waals surface area contributed by atoms with Gasteiger partial charge < -0.3 is 15.2 Å². The van der Waals surface area contributed by atoms with E-state index in [-0.39, 0.29) is 6.42 Å². The summed E-state index contributed by atoms with van der Waals surface area (Å²) >= 11 is 3.34. The predicted molar refractivity (Wildman–Crippen MR) is 85.9 cm³/mol. The summed E-state index contributed by atoms with van der Waals surface area (Å²) in [6.45, 7) is 0. The van der Waals surface area contributed by atoms with Crippen LogP contribution in [0.4, 0.5) is 5.69 Å². The van der Waals surface area contributed by atoms with E-state index in [4.69, 9.17) is 0 Å². The number of nitrogens with one attached hydrogen (secondary N) is 1. The number of carbonyl (C=O) groups excluding carboxylic acids is 2. The van der Waals surface area contributed by atoms with Crippen LogP contribution in [0.3, 0.4) is 0 Å². The molecule has 7 heteroatoms. The molecule has 0 saturated carbocycles. The Morgan fingerprint density at radius 1 is 1.39 bits per heavy atom. The number of hydrogen-bond donors (Lipinski definition) is 2. The van der Waals surface area contributed by atoms with Crippen molar-refractivity contribution in [1.82, 2.24) is 4.98 Å². The molecule has 118 valence electrons. The fourth-order valence-corrected chi connectivity index (χ4v) is 2.88. The van der Waals surface area contributed by atoms with Gasteiger partial charge in [0, 0.05) is 34.0 Å². The molecular weight excluding hydrogens is 364 g/mol. The van der Waals surface area contributed by atoms with E-state index >= 15 is 0 Å². The maximum Gasteiger partial charge on any atom is 0.339 e. The lowest BCUT2D eigenvalue weighted by atomic mass is 9.90. The van der Waals surface area contributed by atoms with Crippen LogP contribution in [-0.2, 0) is 21.6 Å². The van der Waals surface area contributed by atoms with E-state index in [0.717, 1.165) is 4.47 Å². The van der Waals surface area contributed by atoms with Crippen LogP contribution < -0.4 is 5.32 Å². The number of rotatable bonds is 3. The summed E-state index contributed by atoms with van der Waals surface area (Å²) < 4.78 is 5.37. The molecule has 0 aliphatic carbocycles. The monoisotopic (exact) mass is 376 g/mol. The Bertz CT molecular complexity index is 791. The van der Waals surface area contributed by atoms with Crippen molar-refractivity contribution in [1.29, 1.82) is 0 Å². The van der Waals surface area contributed by atoms with Gasteiger partial charge in [-0.05, 0) is 30.3 Å². The second-order valence-electron chi connectivity index (χ2n) is 5.21. The average molecular weight is 377 g/mol. The molecule has 0 spiro atoms. The first-order chi connectivity index (χ1) is 10.9. The van der Waals surface area contributed by atoms with Crippen LogP contribution in [0.5, 0.6) is 0 Å². The van der Waals surface area contributed by atoms with E-state index in [1.54, 1.807) is 30.3 Å². The van der Waals surface area contributed by atoms with E-state index in [2.05, 4.69) is 31.0 Å². The van der Waals surface area contributed by atoms with Gasteiger partial charge in [-0.2, -0.15) is 0 Å². The fourth-order valence-electron chi connectivity index (χ4n) is 2.52. The number of esters is 1. The molecule has 1 unspecified atom stereocenters. The molecule has 1 atom stereocenters. The number of fused-ring (bicyclic) bond motifs is 1. The molecule has 0 fully saturated rings. The largest absolute Gasteiger partial charge is 0.465 e. The Morgan fingerprint density at radius 3 is 2.83 bits per heavy atom. The number of ether oxygens (including phenoxy) is 1. The maximum atomic E-state index is 12.2. The molecule has 1 amide bonds. The molecule has 1 aromatic carbocycles. The third-order valence-corrected chi connectivity index (χ3v) is 4.23. The zero-order valence-electron chi connectivity index (χ0n) is 12.2. The van der Waals surface area contributed by atoms with E-state index in [9.17, 15) is 14.7 Å². The number of aliphatic hydroxyl groups is 1. The number of halogens is 1. The minimum absolute atomic E-state index is 0.00371. The summed E-state index contributed by atoms with van der Waals surface area (Å²) in [6, 6.07) is 8.35. The van der Waals surface area contributed by atoms with Crippen LogP contribution in [0.2, 0.25) is 0 Å². The van der Waals surface area contributed by atoms with Crippen molar-refractivity contribution < 1.29 is 19.4 Å². The quantitative estimate of drug-likeness (QED) is 0.799. The van der Waals surface area contributed by atoms with E-state index < -0.39 is 17.5 Å². The third-order valence-electron chi connectivity index (χ3n) is 3.73. The number of carbonyl (C=O) groups is 2. The van der Waals surface area contributed by atoms with Gasteiger partial charge in [-0.15, -0.1) is 0 Å². The van der Waals surface area contributed by atoms with Crippen molar-refractivity contribution in [3.05, 3.63) is 57.8 Å². The summed E-state index contributed by atoms with van der Waals surface area (Å²) in [5.74, 6) is -0.986. The molecule has 23 heavy (non-hydrogen) atoms. The van der Waals surface area contributed by atoms with Crippen LogP contribution in [0, 0.1) is 0 Å². The van der Waals surface area contributed by atoms with Crippen LogP contribution in [0.15, 0.2) is 41.0 Å². The summed E-state index contributed by atoms with van der Waals surface area (Å²) in [5, 5.41) is 13.5. The number of anilines is 1. The number of benzene rings is 1. The zero-order chi connectivity index (χ0) is 16.6. The van der Waals surface area contributed by atoms with Gasteiger partial charge in [0.25, 0.3) is 5.91 Å². The topological polar surface area (TPSA) is 88.5 Å². The zero-order valence-corrected chi connectivity index (χ0v) is 13.8. The number of methoxy groups -OCH3 is 1. The fraction of sp³-hybridized carbons (Fsp3) is 0.188. The van der Waals surface area contributed by atoms with Crippen LogP contribution in [-0.4, -0.2) is 29.1 Å². The van der Waals surface area contributed by atoms with Gasteiger partial charge in [-0.1, -0.05) is 15.9 Å². The number of amides is 1. The first kappa shape index (κ1) is 15.6. The maximum absolute atomic E-state index is 12.2. The number of pyridine rings is 1. The van der Waals surface area contributed by atoms with Gasteiger partial charge >= 0.3 is 5.97 Å². The lowest BCUT2D eigenvalue weighted by Gasteiger charge is -2.20. The molecule has 1 aromatic heterocycles. The van der Waals surface area contributed by atoms with Gasteiger partial charge in [0.05, 0.1) is 12.7 Å². The van der Waals surface area contributed by atoms with Gasteiger partial charge in [-0.3, -0.25) is 9.78 Å². The van der Waals surface area contributed by atoms with Crippen molar-refractivity contribution in [2.45, 2.75) is 12.0 Å². The Kier molecular flexibility index (Phi) is 3.91. The van der Waals surface area contributed by atoms with E-state index in [1.807, 2.05) is 0 Å². The Labute approximate surface area is 140 Å². The van der Waals surface area contributed by atoms with Crippen LogP contribution >= 0.6 is 15.9 Å². The molecule has 0 radical (unpaired) electrons. The molecule has 2 N–H and O–H groups in total. The van der Waals surface area contributed by atoms with Gasteiger partial charge in [0.15, 0.2) is 5.60 Å². The van der Waals surface area contributed by atoms with E-state index in [0.29, 0.717) is 22.5 Å². The number of hydrogen-bond acceptors (Lipinski definition) is 5. The van der Waals surface area contributed by atoms with Crippen molar-refractivity contribution in [3.63, 3.8) is 0 Å². The molecule has 2 aromatic rings. The Morgan fingerprint density at radius 2 is 2.17 bits per heavy atom. The van der Waals surface area contributed by atoms with Crippen LogP contribution in [0.25, 0.3) is 0 Å². The Balaban J connectivity index is 1.92. The molecule has 2 heterocycles. The van der Waals surface area contributed by atoms with Gasteiger partial charge in [0.2, 0.25) is 0 Å². The molecule has 6 nitrogen and oxygen atoms in total. The highest BCUT2D eigenvalue weighted by molar-refractivity contribution is 9.10. The van der Waals surface area contributed by atoms with Crippen molar-refractivity contribution in [2.24, 2.45) is 0 Å². The standard InChI is InChI=1S/C16H13BrN2O4/c1-23-14(20)9-2-4-11(18-8-9)7-16(22)12-6-10(17)3-5-13(12)19-15(16)21/h2-6,8,22H,7H2,1H3,(H,19,21). The Hall–Kier alpha value is -2.25. The van der Waals surface area contributed by atoms with Crippen molar-refractivity contribution in [3.8, 4) is 0 Å². The third kappa shape index (κ3) is 2.73. The van der Waals surface area contributed by atoms with Gasteiger partial charge in [-0.25, -0.2) is 4.79 Å². The first-order valence-corrected chi connectivity index (χ1v) is 7.60. The molecule has 3 rings (SSSR count). The first-order valence-electron chi connectivity index (χ1n) is 6.81. The van der Waals surface area contributed by atoms with Crippen molar-refractivity contribution in [2.75, 3.05) is 12.4 Å². The smallest absolute Gasteiger partial charge is 0.339 e. The summed E-state index contributed by atoms with van der Waals surface area (Å²) in [6.07, 6.45) is 1.36. The summed E-state index contributed by atoms with van der Waals surface area (Å²) in [5.41, 5.74) is 0.173. The minimum atomic E-state index is -1.70. The summed E-state index contributed by atoms with van der Waals surface area (Å²) in [4.78, 5) is 27.8. The second-order valence-corrected chi connectivity index (χ2v) is 6.13. The normalized spacial score (nSPS) is 19.2. The highest BCUT2D eigenvalue weighted by atomic mass is 79.9. The van der Waals surface area contributed by atoms with E-state index in [1.165, 1.54) is 13.3 Å². The number of nitrogens with zero attached hydrogens (tertiary/aromatic N) is 1. The lowest BCUT2D eigenvalue weighted by molar-refractivity contribution is -0.133. The number of aromatic nitrogens is 1. The summed E-state index contributed by atoms with van der Waals surface area (Å²) in [7, 11) is 1.29. The van der Waals surface area contributed by atoms with Crippen LogP contribution in [0.1, 0.15) is 21.6 Å². The molecular formula is C16H13BrN2O4. The average Bonchev–Trinajstić information content (AvgIpc) is 2.79. The highest BCUT2D eigenvalue weighted by Gasteiger charge is 2.45. The SMILES string of the molecule is COC(=O)c1ccc(CC2(O)C(=O)Nc3ccc(Br)cc32)nc1. The van der Waals surface area contributed by atoms with Crippen molar-refractivity contribution >= 4 is 33.5 Å². The lowest BCUT2D eigenvalue weighted by Crippen LogP contribution is -2.36. The molecule has 1 aliphatic heterocycles. The highest BCUT2D eigenvalue weighted by Crippen LogP contribution is 2.39. The molecule has 0 bridgehead atoms. The molecule has 1 aliphatic rings. The second kappa shape index (κ2) is 5.75. The van der Waals surface area contributed by atoms with Gasteiger partial charge in [0.1, 0.15) is 0 Å². The predicted octanol–water partition coefficient (Wildman–Crippen LogP) is 2.01. The molecule has 0 saturated heterocycles. The minimum Gasteiger partial charge on any atom is -0.465 e.